The molecule has 2 aromatic carbocycles. The van der Waals surface area contributed by atoms with Crippen LogP contribution in [-0.2, 0) is 9.84 Å². The molecule has 0 fully saturated rings. The van der Waals surface area contributed by atoms with Gasteiger partial charge in [0, 0.05) is 22.0 Å². The molecule has 3 aromatic rings. The number of carbonyl (C=O) groups is 1. The van der Waals surface area contributed by atoms with Crippen LogP contribution in [0.4, 0.5) is 0 Å². The standard InChI is InChI=1S/C20H18ClNO4S2/c1-26-16-7-9-17(10-8-16)28(24,25)19(18-6-3-11-27-18)13-22-20(23)14-4-2-5-15(21)12-14/h2-12,19H,13H2,1H3,(H,22,23). The number of methoxy groups -OCH3 is 1. The van der Waals surface area contributed by atoms with Gasteiger partial charge < -0.3 is 10.1 Å². The van der Waals surface area contributed by atoms with E-state index in [1.165, 1.54) is 36.6 Å². The van der Waals surface area contributed by atoms with E-state index in [1.54, 1.807) is 42.5 Å². The summed E-state index contributed by atoms with van der Waals surface area (Å²) in [6, 6.07) is 16.3. The van der Waals surface area contributed by atoms with Gasteiger partial charge in [-0.1, -0.05) is 23.7 Å². The molecule has 1 atom stereocenters. The number of sulfone groups is 1. The topological polar surface area (TPSA) is 72.5 Å². The molecular formula is C20H18ClNO4S2. The van der Waals surface area contributed by atoms with Crippen LogP contribution in [0.25, 0.3) is 0 Å². The van der Waals surface area contributed by atoms with Gasteiger partial charge in [0.05, 0.1) is 12.0 Å². The van der Waals surface area contributed by atoms with Crippen LogP contribution in [0.15, 0.2) is 70.9 Å². The van der Waals surface area contributed by atoms with E-state index in [1.807, 2.05) is 5.38 Å². The second-order valence-corrected chi connectivity index (χ2v) is 9.49. The van der Waals surface area contributed by atoms with Gasteiger partial charge in [0.1, 0.15) is 11.0 Å². The van der Waals surface area contributed by atoms with Crippen LogP contribution in [0.1, 0.15) is 20.5 Å². The summed E-state index contributed by atoms with van der Waals surface area (Å²) < 4.78 is 31.5. The molecule has 0 radical (unpaired) electrons. The highest BCUT2D eigenvalue weighted by Crippen LogP contribution is 2.32. The van der Waals surface area contributed by atoms with E-state index in [4.69, 9.17) is 16.3 Å². The molecular weight excluding hydrogens is 418 g/mol. The van der Waals surface area contributed by atoms with E-state index in [0.717, 1.165) is 0 Å². The van der Waals surface area contributed by atoms with Crippen LogP contribution < -0.4 is 10.1 Å². The van der Waals surface area contributed by atoms with Crippen molar-refractivity contribution in [2.75, 3.05) is 13.7 Å². The number of amides is 1. The van der Waals surface area contributed by atoms with E-state index in [9.17, 15) is 13.2 Å². The molecule has 0 aliphatic carbocycles. The Morgan fingerprint density at radius 2 is 1.89 bits per heavy atom. The van der Waals surface area contributed by atoms with Gasteiger partial charge in [-0.25, -0.2) is 8.42 Å². The van der Waals surface area contributed by atoms with Gasteiger partial charge in [-0.2, -0.15) is 0 Å². The number of nitrogens with one attached hydrogen (secondary N) is 1. The van der Waals surface area contributed by atoms with Crippen LogP contribution in [0.5, 0.6) is 5.75 Å². The number of hydrogen-bond acceptors (Lipinski definition) is 5. The van der Waals surface area contributed by atoms with E-state index in [2.05, 4.69) is 5.32 Å². The molecule has 0 saturated carbocycles. The number of ether oxygens (including phenoxy) is 1. The number of halogens is 1. The van der Waals surface area contributed by atoms with Gasteiger partial charge in [0.2, 0.25) is 0 Å². The summed E-state index contributed by atoms with van der Waals surface area (Å²) in [7, 11) is -2.20. The van der Waals surface area contributed by atoms with E-state index in [0.29, 0.717) is 21.2 Å². The van der Waals surface area contributed by atoms with E-state index in [-0.39, 0.29) is 17.3 Å². The van der Waals surface area contributed by atoms with Crippen molar-refractivity contribution in [2.45, 2.75) is 10.1 Å². The quantitative estimate of drug-likeness (QED) is 0.598. The predicted octanol–water partition coefficient (Wildman–Crippen LogP) is 4.36. The maximum absolute atomic E-state index is 13.2. The van der Waals surface area contributed by atoms with Crippen molar-refractivity contribution in [3.63, 3.8) is 0 Å². The van der Waals surface area contributed by atoms with Crippen molar-refractivity contribution in [1.82, 2.24) is 5.32 Å². The number of thiophene rings is 1. The van der Waals surface area contributed by atoms with Crippen molar-refractivity contribution in [3.8, 4) is 5.75 Å². The van der Waals surface area contributed by atoms with Crippen LogP contribution in [0, 0.1) is 0 Å². The Labute approximate surface area is 172 Å². The van der Waals surface area contributed by atoms with Crippen LogP contribution in [0.2, 0.25) is 5.02 Å². The lowest BCUT2D eigenvalue weighted by Crippen LogP contribution is -2.31. The lowest BCUT2D eigenvalue weighted by atomic mass is 10.2. The molecule has 1 aromatic heterocycles. The fraction of sp³-hybridized carbons (Fsp3) is 0.150. The smallest absolute Gasteiger partial charge is 0.251 e. The summed E-state index contributed by atoms with van der Waals surface area (Å²) in [6.07, 6.45) is 0. The van der Waals surface area contributed by atoms with Crippen LogP contribution >= 0.6 is 22.9 Å². The Morgan fingerprint density at radius 1 is 1.14 bits per heavy atom. The first-order chi connectivity index (χ1) is 13.4. The highest BCUT2D eigenvalue weighted by atomic mass is 35.5. The first kappa shape index (κ1) is 20.4. The molecule has 0 spiro atoms. The first-order valence-electron chi connectivity index (χ1n) is 8.37. The zero-order valence-corrected chi connectivity index (χ0v) is 17.4. The Hall–Kier alpha value is -2.35. The number of rotatable bonds is 7. The maximum Gasteiger partial charge on any atom is 0.251 e. The van der Waals surface area contributed by atoms with Gasteiger partial charge in [-0.05, 0) is 53.9 Å². The zero-order valence-electron chi connectivity index (χ0n) is 15.0. The molecule has 0 aliphatic rings. The van der Waals surface area contributed by atoms with Crippen molar-refractivity contribution in [2.24, 2.45) is 0 Å². The Bertz CT molecular complexity index is 1050. The Morgan fingerprint density at radius 3 is 2.50 bits per heavy atom. The van der Waals surface area contributed by atoms with Crippen molar-refractivity contribution >= 4 is 38.7 Å². The normalized spacial score (nSPS) is 12.4. The third-order valence-corrected chi connectivity index (χ3v) is 7.63. The zero-order chi connectivity index (χ0) is 20.1. The van der Waals surface area contributed by atoms with Gasteiger partial charge in [-0.3, -0.25) is 4.79 Å². The summed E-state index contributed by atoms with van der Waals surface area (Å²) >= 11 is 7.26. The van der Waals surface area contributed by atoms with Crippen molar-refractivity contribution in [1.29, 1.82) is 0 Å². The monoisotopic (exact) mass is 435 g/mol. The van der Waals surface area contributed by atoms with Crippen molar-refractivity contribution in [3.05, 3.63) is 81.5 Å². The molecule has 1 heterocycles. The number of carbonyl (C=O) groups excluding carboxylic acids is 1. The van der Waals surface area contributed by atoms with Crippen LogP contribution in [0.3, 0.4) is 0 Å². The summed E-state index contributed by atoms with van der Waals surface area (Å²) in [4.78, 5) is 13.3. The Balaban J connectivity index is 1.86. The minimum Gasteiger partial charge on any atom is -0.497 e. The molecule has 1 N–H and O–H groups in total. The second-order valence-electron chi connectivity index (χ2n) is 5.94. The van der Waals surface area contributed by atoms with E-state index >= 15 is 0 Å². The van der Waals surface area contributed by atoms with Gasteiger partial charge in [-0.15, -0.1) is 11.3 Å². The third-order valence-electron chi connectivity index (χ3n) is 4.16. The molecule has 1 amide bonds. The second kappa shape index (κ2) is 8.77. The predicted molar refractivity (Wildman–Crippen MR) is 111 cm³/mol. The van der Waals surface area contributed by atoms with E-state index < -0.39 is 15.1 Å². The van der Waals surface area contributed by atoms with Gasteiger partial charge in [0.25, 0.3) is 5.91 Å². The molecule has 28 heavy (non-hydrogen) atoms. The lowest BCUT2D eigenvalue weighted by molar-refractivity contribution is 0.0953. The summed E-state index contributed by atoms with van der Waals surface area (Å²) in [6.45, 7) is -0.0553. The molecule has 1 unspecified atom stereocenters. The number of benzene rings is 2. The largest absolute Gasteiger partial charge is 0.497 e. The average molecular weight is 436 g/mol. The molecule has 0 saturated heterocycles. The molecule has 3 rings (SSSR count). The summed E-state index contributed by atoms with van der Waals surface area (Å²) in [5.41, 5.74) is 0.374. The maximum atomic E-state index is 13.2. The highest BCUT2D eigenvalue weighted by Gasteiger charge is 2.30. The molecule has 5 nitrogen and oxygen atoms in total. The first-order valence-corrected chi connectivity index (χ1v) is 11.2. The Kier molecular flexibility index (Phi) is 6.39. The SMILES string of the molecule is COc1ccc(S(=O)(=O)C(CNC(=O)c2cccc(Cl)c2)c2cccs2)cc1. The summed E-state index contributed by atoms with van der Waals surface area (Å²) in [5, 5.41) is 4.07. The fourth-order valence-corrected chi connectivity index (χ4v) is 5.66. The van der Waals surface area contributed by atoms with Crippen LogP contribution in [-0.4, -0.2) is 28.0 Å². The molecule has 146 valence electrons. The minimum absolute atomic E-state index is 0.0553. The molecule has 0 aliphatic heterocycles. The molecule has 8 heteroatoms. The highest BCUT2D eigenvalue weighted by molar-refractivity contribution is 7.91. The van der Waals surface area contributed by atoms with Gasteiger partial charge >= 0.3 is 0 Å². The fourth-order valence-electron chi connectivity index (χ4n) is 2.68. The minimum atomic E-state index is -3.72. The third kappa shape index (κ3) is 4.55. The molecule has 0 bridgehead atoms. The summed E-state index contributed by atoms with van der Waals surface area (Å²) in [5.74, 6) is 0.190. The lowest BCUT2D eigenvalue weighted by Gasteiger charge is -2.18. The van der Waals surface area contributed by atoms with Gasteiger partial charge in [0.15, 0.2) is 9.84 Å². The van der Waals surface area contributed by atoms with Crippen molar-refractivity contribution < 1.29 is 17.9 Å². The number of hydrogen-bond donors (Lipinski definition) is 1. The average Bonchev–Trinajstić information content (AvgIpc) is 3.22.